The lowest BCUT2D eigenvalue weighted by atomic mass is 10.2. The number of hydrogen-bond donors (Lipinski definition) is 2. The van der Waals surface area contributed by atoms with E-state index >= 15 is 0 Å². The van der Waals surface area contributed by atoms with Crippen LogP contribution in [0.2, 0.25) is 5.02 Å². The number of benzene rings is 2. The van der Waals surface area contributed by atoms with Gasteiger partial charge in [0, 0.05) is 10.6 Å². The van der Waals surface area contributed by atoms with E-state index in [-0.39, 0.29) is 0 Å². The van der Waals surface area contributed by atoms with Gasteiger partial charge in [0.2, 0.25) is 0 Å². The zero-order valence-corrected chi connectivity index (χ0v) is 12.9. The van der Waals surface area contributed by atoms with Gasteiger partial charge in [-0.1, -0.05) is 11.6 Å². The minimum absolute atomic E-state index is 0.295. The molecule has 0 saturated heterocycles. The monoisotopic (exact) mass is 368 g/mol. The molecule has 0 aliphatic heterocycles. The summed E-state index contributed by atoms with van der Waals surface area (Å²) in [6.07, 6.45) is 0. The summed E-state index contributed by atoms with van der Waals surface area (Å²) in [5.41, 5.74) is 2.73. The van der Waals surface area contributed by atoms with Gasteiger partial charge in [-0.25, -0.2) is 10.6 Å². The van der Waals surface area contributed by atoms with Crippen LogP contribution >= 0.6 is 27.5 Å². The first-order valence-corrected chi connectivity index (χ1v) is 6.96. The minimum atomic E-state index is -0.525. The van der Waals surface area contributed by atoms with Crippen LogP contribution in [0.1, 0.15) is 20.7 Å². The molecule has 7 heteroatoms. The average Bonchev–Trinajstić information content (AvgIpc) is 2.49. The van der Waals surface area contributed by atoms with Gasteiger partial charge in [-0.3, -0.25) is 10.2 Å². The zero-order chi connectivity index (χ0) is 15.4. The van der Waals surface area contributed by atoms with Crippen molar-refractivity contribution < 1.29 is 14.3 Å². The summed E-state index contributed by atoms with van der Waals surface area (Å²) < 4.78 is 5.71. The molecule has 0 bridgehead atoms. The smallest absolute Gasteiger partial charge is 0.343 e. The summed E-state index contributed by atoms with van der Waals surface area (Å²) in [5.74, 6) is 4.38. The van der Waals surface area contributed by atoms with Crippen LogP contribution in [0.5, 0.6) is 5.75 Å². The van der Waals surface area contributed by atoms with Gasteiger partial charge in [-0.05, 0) is 58.4 Å². The van der Waals surface area contributed by atoms with Gasteiger partial charge in [0.25, 0.3) is 5.91 Å². The van der Waals surface area contributed by atoms with E-state index in [9.17, 15) is 9.59 Å². The maximum atomic E-state index is 12.0. The van der Waals surface area contributed by atoms with Gasteiger partial charge in [0.05, 0.1) is 10.0 Å². The van der Waals surface area contributed by atoms with E-state index in [2.05, 4.69) is 15.9 Å². The molecule has 0 unspecified atom stereocenters. The van der Waals surface area contributed by atoms with E-state index in [1.165, 1.54) is 18.2 Å². The summed E-state index contributed by atoms with van der Waals surface area (Å²) in [5, 5.41) is 0.532. The highest BCUT2D eigenvalue weighted by atomic mass is 79.9. The van der Waals surface area contributed by atoms with Gasteiger partial charge >= 0.3 is 5.97 Å². The fraction of sp³-hybridized carbons (Fsp3) is 0. The fourth-order valence-corrected chi connectivity index (χ4v) is 2.14. The Morgan fingerprint density at radius 1 is 1.10 bits per heavy atom. The van der Waals surface area contributed by atoms with E-state index in [4.69, 9.17) is 22.2 Å². The second-order valence-corrected chi connectivity index (χ2v) is 5.31. The number of halogens is 2. The second-order valence-electron chi connectivity index (χ2n) is 4.02. The van der Waals surface area contributed by atoms with Crippen molar-refractivity contribution in [1.82, 2.24) is 5.43 Å². The fourth-order valence-electron chi connectivity index (χ4n) is 1.55. The molecule has 0 atom stereocenters. The second kappa shape index (κ2) is 6.71. The van der Waals surface area contributed by atoms with Gasteiger partial charge in [-0.2, -0.15) is 0 Å². The third-order valence-corrected chi connectivity index (χ3v) is 3.48. The predicted molar refractivity (Wildman–Crippen MR) is 82.2 cm³/mol. The maximum Gasteiger partial charge on any atom is 0.343 e. The first kappa shape index (κ1) is 15.5. The van der Waals surface area contributed by atoms with Crippen molar-refractivity contribution in [2.45, 2.75) is 0 Å². The topological polar surface area (TPSA) is 81.4 Å². The number of ether oxygens (including phenoxy) is 1. The van der Waals surface area contributed by atoms with Crippen LogP contribution in [-0.4, -0.2) is 11.9 Å². The number of hydrazine groups is 1. The quantitative estimate of drug-likeness (QED) is 0.286. The van der Waals surface area contributed by atoms with Crippen molar-refractivity contribution in [3.05, 3.63) is 63.1 Å². The molecule has 0 aromatic heterocycles. The Kier molecular flexibility index (Phi) is 4.95. The lowest BCUT2D eigenvalue weighted by molar-refractivity contribution is 0.0733. The van der Waals surface area contributed by atoms with Crippen molar-refractivity contribution in [2.75, 3.05) is 0 Å². The number of nitrogens with two attached hydrogens (primary N) is 1. The van der Waals surface area contributed by atoms with Crippen LogP contribution in [0.4, 0.5) is 0 Å². The Hall–Kier alpha value is -1.89. The van der Waals surface area contributed by atoms with Gasteiger partial charge in [0.1, 0.15) is 5.75 Å². The number of hydrogen-bond acceptors (Lipinski definition) is 4. The van der Waals surface area contributed by atoms with Crippen LogP contribution in [0.3, 0.4) is 0 Å². The largest absolute Gasteiger partial charge is 0.422 e. The summed E-state index contributed by atoms with van der Waals surface area (Å²) in [6, 6.07) is 10.8. The first-order chi connectivity index (χ1) is 10.0. The first-order valence-electron chi connectivity index (χ1n) is 5.79. The number of carbonyl (C=O) groups is 2. The molecule has 2 rings (SSSR count). The van der Waals surface area contributed by atoms with Crippen molar-refractivity contribution in [2.24, 2.45) is 5.84 Å². The standard InChI is InChI=1S/C14H10BrClN2O3/c15-11-7-9(13(19)18-17)3-6-12(11)21-14(20)8-1-4-10(16)5-2-8/h1-7H,17H2,(H,18,19). The number of amides is 1. The van der Waals surface area contributed by atoms with E-state index in [1.54, 1.807) is 24.3 Å². The van der Waals surface area contributed by atoms with Crippen LogP contribution in [0.25, 0.3) is 0 Å². The molecule has 1 amide bonds. The van der Waals surface area contributed by atoms with E-state index in [0.717, 1.165) is 0 Å². The molecule has 0 spiro atoms. The highest BCUT2D eigenvalue weighted by Crippen LogP contribution is 2.27. The number of carbonyl (C=O) groups excluding carboxylic acids is 2. The van der Waals surface area contributed by atoms with Crippen molar-refractivity contribution in [3.8, 4) is 5.75 Å². The van der Waals surface area contributed by atoms with Gasteiger partial charge in [0.15, 0.2) is 0 Å². The highest BCUT2D eigenvalue weighted by Gasteiger charge is 2.13. The lowest BCUT2D eigenvalue weighted by Crippen LogP contribution is -2.29. The van der Waals surface area contributed by atoms with Gasteiger partial charge in [-0.15, -0.1) is 0 Å². The van der Waals surface area contributed by atoms with Crippen LogP contribution in [0, 0.1) is 0 Å². The molecule has 0 fully saturated rings. The Balaban J connectivity index is 2.18. The third kappa shape index (κ3) is 3.81. The number of nitrogen functional groups attached to an aromatic ring is 1. The molecule has 0 radical (unpaired) electrons. The molecule has 0 saturated carbocycles. The Morgan fingerprint density at radius 3 is 2.29 bits per heavy atom. The molecule has 5 nitrogen and oxygen atoms in total. The lowest BCUT2D eigenvalue weighted by Gasteiger charge is -2.08. The predicted octanol–water partition coefficient (Wildman–Crippen LogP) is 2.93. The molecular formula is C14H10BrClN2O3. The minimum Gasteiger partial charge on any atom is -0.422 e. The molecule has 3 N–H and O–H groups in total. The van der Waals surface area contributed by atoms with Crippen molar-refractivity contribution in [1.29, 1.82) is 0 Å². The van der Waals surface area contributed by atoms with Crippen LogP contribution in [-0.2, 0) is 0 Å². The zero-order valence-electron chi connectivity index (χ0n) is 10.6. The molecule has 108 valence electrons. The van der Waals surface area contributed by atoms with Crippen LogP contribution in [0.15, 0.2) is 46.9 Å². The van der Waals surface area contributed by atoms with Crippen molar-refractivity contribution in [3.63, 3.8) is 0 Å². The Labute approximate surface area is 134 Å². The van der Waals surface area contributed by atoms with E-state index < -0.39 is 11.9 Å². The summed E-state index contributed by atoms with van der Waals surface area (Å²) in [4.78, 5) is 23.3. The summed E-state index contributed by atoms with van der Waals surface area (Å²) >= 11 is 8.99. The molecular weight excluding hydrogens is 360 g/mol. The average molecular weight is 370 g/mol. The molecule has 21 heavy (non-hydrogen) atoms. The van der Waals surface area contributed by atoms with E-state index in [0.29, 0.717) is 26.4 Å². The number of rotatable bonds is 3. The number of nitrogens with one attached hydrogen (secondary N) is 1. The Morgan fingerprint density at radius 2 is 1.71 bits per heavy atom. The molecule has 0 heterocycles. The molecule has 0 aliphatic carbocycles. The third-order valence-electron chi connectivity index (χ3n) is 2.61. The SMILES string of the molecule is NNC(=O)c1ccc(OC(=O)c2ccc(Cl)cc2)c(Br)c1. The normalized spacial score (nSPS) is 10.0. The molecule has 0 aliphatic rings. The number of esters is 1. The van der Waals surface area contributed by atoms with E-state index in [1.807, 2.05) is 5.43 Å². The Bertz CT molecular complexity index is 689. The van der Waals surface area contributed by atoms with Gasteiger partial charge < -0.3 is 4.74 Å². The summed E-state index contributed by atoms with van der Waals surface area (Å²) in [7, 11) is 0. The maximum absolute atomic E-state index is 12.0. The molecule has 2 aromatic carbocycles. The van der Waals surface area contributed by atoms with Crippen molar-refractivity contribution >= 4 is 39.4 Å². The highest BCUT2D eigenvalue weighted by molar-refractivity contribution is 9.10. The van der Waals surface area contributed by atoms with Crippen LogP contribution < -0.4 is 16.0 Å². The summed E-state index contributed by atoms with van der Waals surface area (Å²) in [6.45, 7) is 0. The molecule has 2 aromatic rings.